The Morgan fingerprint density at radius 3 is 2.31 bits per heavy atom. The van der Waals surface area contributed by atoms with E-state index in [4.69, 9.17) is 0 Å². The maximum atomic E-state index is 13.9. The third-order valence-corrected chi connectivity index (χ3v) is 7.19. The van der Waals surface area contributed by atoms with Crippen LogP contribution < -0.4 is 5.32 Å². The molecule has 3 rings (SSSR count). The van der Waals surface area contributed by atoms with Crippen LogP contribution in [0.3, 0.4) is 0 Å². The zero-order valence-corrected chi connectivity index (χ0v) is 17.2. The van der Waals surface area contributed by atoms with Crippen LogP contribution in [0.4, 0.5) is 8.78 Å². The number of hydrogen-bond donors (Lipinski definition) is 1. The van der Waals surface area contributed by atoms with Gasteiger partial charge in [0.15, 0.2) is 0 Å². The molecule has 0 radical (unpaired) electrons. The topological polar surface area (TPSA) is 66.5 Å². The normalized spacial score (nSPS) is 17.1. The summed E-state index contributed by atoms with van der Waals surface area (Å²) in [6.45, 7) is 4.68. The first-order valence-electron chi connectivity index (χ1n) is 9.54. The molecule has 1 heterocycles. The molecule has 29 heavy (non-hydrogen) atoms. The molecule has 0 spiro atoms. The monoisotopic (exact) mass is 422 g/mol. The summed E-state index contributed by atoms with van der Waals surface area (Å²) in [5.74, 6) is -1.39. The Morgan fingerprint density at radius 2 is 1.72 bits per heavy atom. The number of halogens is 2. The van der Waals surface area contributed by atoms with Crippen molar-refractivity contribution >= 4 is 15.9 Å². The van der Waals surface area contributed by atoms with Gasteiger partial charge in [0.2, 0.25) is 10.0 Å². The number of carbonyl (C=O) groups is 1. The maximum absolute atomic E-state index is 13.9. The summed E-state index contributed by atoms with van der Waals surface area (Å²) in [6.07, 6.45) is 1.66. The molecule has 0 saturated carbocycles. The van der Waals surface area contributed by atoms with Gasteiger partial charge in [-0.05, 0) is 56.0 Å². The van der Waals surface area contributed by atoms with Gasteiger partial charge in [0.1, 0.15) is 11.6 Å². The Bertz CT molecular complexity index is 985. The molecule has 0 bridgehead atoms. The standard InChI is InChI=1S/C21H24F2N2O3S/c1-14-9-11-25(12-10-14)29(27,28)18-6-3-16(4-7-18)21(26)24-15(2)19-8-5-17(22)13-20(19)23/h3-8,13-15H,9-12H2,1-2H3,(H,24,26). The Morgan fingerprint density at radius 1 is 1.10 bits per heavy atom. The summed E-state index contributed by atoms with van der Waals surface area (Å²) >= 11 is 0. The SMILES string of the molecule is CC1CCN(S(=O)(=O)c2ccc(C(=O)NC(C)c3ccc(F)cc3F)cc2)CC1. The van der Waals surface area contributed by atoms with E-state index in [0.29, 0.717) is 19.0 Å². The van der Waals surface area contributed by atoms with Crippen LogP contribution in [0.5, 0.6) is 0 Å². The Balaban J connectivity index is 1.70. The molecule has 1 atom stereocenters. The lowest BCUT2D eigenvalue weighted by atomic mass is 10.0. The molecule has 1 amide bonds. The first-order valence-corrected chi connectivity index (χ1v) is 11.0. The summed E-state index contributed by atoms with van der Waals surface area (Å²) in [6, 6.07) is 8.18. The number of nitrogens with one attached hydrogen (secondary N) is 1. The van der Waals surface area contributed by atoms with Crippen LogP contribution >= 0.6 is 0 Å². The third-order valence-electron chi connectivity index (χ3n) is 5.27. The second-order valence-corrected chi connectivity index (χ2v) is 9.41. The fraction of sp³-hybridized carbons (Fsp3) is 0.381. The predicted molar refractivity (Wildman–Crippen MR) is 106 cm³/mol. The molecule has 8 heteroatoms. The molecule has 1 fully saturated rings. The molecule has 156 valence electrons. The summed E-state index contributed by atoms with van der Waals surface area (Å²) in [4.78, 5) is 12.6. The number of amides is 1. The molecule has 2 aromatic carbocycles. The van der Waals surface area contributed by atoms with Gasteiger partial charge >= 0.3 is 0 Å². The lowest BCUT2D eigenvalue weighted by molar-refractivity contribution is 0.0939. The van der Waals surface area contributed by atoms with E-state index >= 15 is 0 Å². The van der Waals surface area contributed by atoms with Crippen LogP contribution in [0.25, 0.3) is 0 Å². The predicted octanol–water partition coefficient (Wildman–Crippen LogP) is 3.88. The van der Waals surface area contributed by atoms with Crippen molar-refractivity contribution in [3.63, 3.8) is 0 Å². The molecule has 0 aromatic heterocycles. The minimum absolute atomic E-state index is 0.140. The summed E-state index contributed by atoms with van der Waals surface area (Å²) in [5.41, 5.74) is 0.420. The summed E-state index contributed by atoms with van der Waals surface area (Å²) in [7, 11) is -3.59. The van der Waals surface area contributed by atoms with E-state index in [1.807, 2.05) is 0 Å². The highest BCUT2D eigenvalue weighted by Gasteiger charge is 2.28. The van der Waals surface area contributed by atoms with E-state index in [9.17, 15) is 22.0 Å². The average Bonchev–Trinajstić information content (AvgIpc) is 2.68. The molecule has 1 aliphatic heterocycles. The Hall–Kier alpha value is -2.32. The lowest BCUT2D eigenvalue weighted by Crippen LogP contribution is -2.37. The molecular formula is C21H24F2N2O3S. The highest BCUT2D eigenvalue weighted by Crippen LogP contribution is 2.24. The van der Waals surface area contributed by atoms with Crippen LogP contribution in [0.1, 0.15) is 48.7 Å². The fourth-order valence-corrected chi connectivity index (χ4v) is 4.83. The first kappa shape index (κ1) is 21.4. The number of sulfonamides is 1. The van der Waals surface area contributed by atoms with Gasteiger partial charge in [-0.3, -0.25) is 4.79 Å². The second kappa shape index (κ2) is 8.59. The van der Waals surface area contributed by atoms with Crippen LogP contribution in [-0.2, 0) is 10.0 Å². The number of rotatable bonds is 5. The van der Waals surface area contributed by atoms with Crippen LogP contribution in [0.15, 0.2) is 47.4 Å². The van der Waals surface area contributed by atoms with Crippen molar-refractivity contribution in [1.82, 2.24) is 9.62 Å². The largest absolute Gasteiger partial charge is 0.345 e. The van der Waals surface area contributed by atoms with Crippen molar-refractivity contribution < 1.29 is 22.0 Å². The second-order valence-electron chi connectivity index (χ2n) is 7.47. The van der Waals surface area contributed by atoms with Gasteiger partial charge in [-0.1, -0.05) is 13.0 Å². The Kier molecular flexibility index (Phi) is 6.33. The summed E-state index contributed by atoms with van der Waals surface area (Å²) < 4.78 is 53.9. The third kappa shape index (κ3) is 4.82. The van der Waals surface area contributed by atoms with Gasteiger partial charge in [0.05, 0.1) is 10.9 Å². The zero-order valence-electron chi connectivity index (χ0n) is 16.4. The van der Waals surface area contributed by atoms with E-state index < -0.39 is 33.6 Å². The molecule has 2 aromatic rings. The van der Waals surface area contributed by atoms with Crippen LogP contribution in [-0.4, -0.2) is 31.7 Å². The van der Waals surface area contributed by atoms with E-state index in [1.165, 1.54) is 34.6 Å². The minimum atomic E-state index is -3.59. The van der Waals surface area contributed by atoms with Crippen LogP contribution in [0, 0.1) is 17.6 Å². The lowest BCUT2D eigenvalue weighted by Gasteiger charge is -2.29. The zero-order chi connectivity index (χ0) is 21.2. The van der Waals surface area contributed by atoms with E-state index in [0.717, 1.165) is 25.0 Å². The van der Waals surface area contributed by atoms with Crippen molar-refractivity contribution in [2.75, 3.05) is 13.1 Å². The molecule has 1 aliphatic rings. The van der Waals surface area contributed by atoms with Gasteiger partial charge in [-0.2, -0.15) is 4.31 Å². The Labute approximate surface area is 169 Å². The van der Waals surface area contributed by atoms with Gasteiger partial charge in [-0.25, -0.2) is 17.2 Å². The molecule has 1 saturated heterocycles. The number of hydrogen-bond acceptors (Lipinski definition) is 3. The highest BCUT2D eigenvalue weighted by molar-refractivity contribution is 7.89. The van der Waals surface area contributed by atoms with Gasteiger partial charge < -0.3 is 5.32 Å². The quantitative estimate of drug-likeness (QED) is 0.795. The molecule has 1 unspecified atom stereocenters. The molecule has 5 nitrogen and oxygen atoms in total. The van der Waals surface area contributed by atoms with Crippen molar-refractivity contribution in [3.05, 3.63) is 65.2 Å². The first-order chi connectivity index (χ1) is 13.7. The number of benzene rings is 2. The molecule has 0 aliphatic carbocycles. The maximum Gasteiger partial charge on any atom is 0.251 e. The number of carbonyl (C=O) groups excluding carboxylic acids is 1. The van der Waals surface area contributed by atoms with E-state index in [1.54, 1.807) is 6.92 Å². The minimum Gasteiger partial charge on any atom is -0.345 e. The fourth-order valence-electron chi connectivity index (χ4n) is 3.36. The van der Waals surface area contributed by atoms with E-state index in [2.05, 4.69) is 12.2 Å². The number of nitrogens with zero attached hydrogens (tertiary/aromatic N) is 1. The average molecular weight is 422 g/mol. The van der Waals surface area contributed by atoms with Crippen molar-refractivity contribution in [2.24, 2.45) is 5.92 Å². The van der Waals surface area contributed by atoms with E-state index in [-0.39, 0.29) is 16.0 Å². The summed E-state index contributed by atoms with van der Waals surface area (Å²) in [5, 5.41) is 2.64. The van der Waals surface area contributed by atoms with Gasteiger partial charge in [0, 0.05) is 30.3 Å². The van der Waals surface area contributed by atoms with Crippen LogP contribution in [0.2, 0.25) is 0 Å². The molecule has 1 N–H and O–H groups in total. The molecular weight excluding hydrogens is 398 g/mol. The van der Waals surface area contributed by atoms with Crippen molar-refractivity contribution in [2.45, 2.75) is 37.6 Å². The highest BCUT2D eigenvalue weighted by atomic mass is 32.2. The van der Waals surface area contributed by atoms with Crippen molar-refractivity contribution in [3.8, 4) is 0 Å². The smallest absolute Gasteiger partial charge is 0.251 e. The van der Waals surface area contributed by atoms with Crippen molar-refractivity contribution in [1.29, 1.82) is 0 Å². The van der Waals surface area contributed by atoms with Gasteiger partial charge in [-0.15, -0.1) is 0 Å². The number of piperidine rings is 1. The van der Waals surface area contributed by atoms with Gasteiger partial charge in [0.25, 0.3) is 5.91 Å².